The number of hydrogen-bond acceptors (Lipinski definition) is 6. The largest absolute Gasteiger partial charge is 0.493 e. The Morgan fingerprint density at radius 3 is 2.09 bits per heavy atom. The highest BCUT2D eigenvalue weighted by Crippen LogP contribution is 2.33. The molecule has 0 bridgehead atoms. The van der Waals surface area contributed by atoms with Crippen LogP contribution >= 0.6 is 0 Å². The van der Waals surface area contributed by atoms with Crippen LogP contribution in [0.5, 0.6) is 11.5 Å². The average Bonchev–Trinajstić information content (AvgIpc) is 2.98. The summed E-state index contributed by atoms with van der Waals surface area (Å²) in [4.78, 5) is 29.2. The smallest absolute Gasteiger partial charge is 0.264 e. The van der Waals surface area contributed by atoms with Crippen molar-refractivity contribution in [2.24, 2.45) is 5.92 Å². The molecule has 0 spiro atoms. The Bertz CT molecular complexity index is 1550. The Labute approximate surface area is 262 Å². The quantitative estimate of drug-likeness (QED) is 0.258. The molecule has 1 atom stereocenters. The third kappa shape index (κ3) is 8.31. The Balaban J connectivity index is 2.14. The van der Waals surface area contributed by atoms with Gasteiger partial charge in [0.2, 0.25) is 11.8 Å². The van der Waals surface area contributed by atoms with E-state index >= 15 is 0 Å². The maximum atomic E-state index is 14.4. The number of methoxy groups -OCH3 is 2. The van der Waals surface area contributed by atoms with Crippen molar-refractivity contribution in [1.29, 1.82) is 0 Å². The van der Waals surface area contributed by atoms with Gasteiger partial charge in [0.25, 0.3) is 10.0 Å². The molecule has 2 amide bonds. The Morgan fingerprint density at radius 2 is 1.52 bits per heavy atom. The normalized spacial score (nSPS) is 12.0. The number of carbonyl (C=O) groups is 2. The van der Waals surface area contributed by atoms with E-state index < -0.39 is 28.5 Å². The second kappa shape index (κ2) is 15.1. The van der Waals surface area contributed by atoms with E-state index in [1.54, 1.807) is 12.1 Å². The summed E-state index contributed by atoms with van der Waals surface area (Å²) in [6.45, 7) is 11.6. The molecule has 238 valence electrons. The number of sulfonamides is 1. The number of ether oxygens (including phenoxy) is 2. The summed E-state index contributed by atoms with van der Waals surface area (Å²) in [5.41, 5.74) is 3.87. The molecule has 44 heavy (non-hydrogen) atoms. The first-order valence-electron chi connectivity index (χ1n) is 14.8. The van der Waals surface area contributed by atoms with Crippen LogP contribution in [0, 0.1) is 26.7 Å². The van der Waals surface area contributed by atoms with Crippen LogP contribution in [0.4, 0.5) is 5.69 Å². The van der Waals surface area contributed by atoms with Crippen molar-refractivity contribution < 1.29 is 27.5 Å². The predicted octanol–water partition coefficient (Wildman–Crippen LogP) is 5.40. The lowest BCUT2D eigenvalue weighted by atomic mass is 10.1. The van der Waals surface area contributed by atoms with Crippen LogP contribution in [0.2, 0.25) is 0 Å². The summed E-state index contributed by atoms with van der Waals surface area (Å²) in [5.74, 6) is 0.0768. The third-order valence-corrected chi connectivity index (χ3v) is 9.16. The molecule has 0 saturated heterocycles. The van der Waals surface area contributed by atoms with Crippen LogP contribution in [0.25, 0.3) is 0 Å². The molecule has 10 heteroatoms. The molecule has 1 N–H and O–H groups in total. The zero-order valence-electron chi connectivity index (χ0n) is 27.0. The van der Waals surface area contributed by atoms with E-state index in [4.69, 9.17) is 9.47 Å². The molecule has 0 fully saturated rings. The van der Waals surface area contributed by atoms with Gasteiger partial charge in [0.15, 0.2) is 11.5 Å². The van der Waals surface area contributed by atoms with Crippen molar-refractivity contribution >= 4 is 27.5 Å². The number of hydrogen-bond donors (Lipinski definition) is 1. The first kappa shape index (κ1) is 34.4. The van der Waals surface area contributed by atoms with Crippen LogP contribution in [0.1, 0.15) is 49.4 Å². The molecule has 9 nitrogen and oxygen atoms in total. The maximum absolute atomic E-state index is 14.4. The maximum Gasteiger partial charge on any atom is 0.264 e. The lowest BCUT2D eigenvalue weighted by Crippen LogP contribution is -2.52. The van der Waals surface area contributed by atoms with Gasteiger partial charge in [-0.25, -0.2) is 8.42 Å². The Morgan fingerprint density at radius 1 is 0.886 bits per heavy atom. The molecule has 0 saturated carbocycles. The fourth-order valence-electron chi connectivity index (χ4n) is 5.04. The van der Waals surface area contributed by atoms with Crippen LogP contribution < -0.4 is 19.1 Å². The van der Waals surface area contributed by atoms with Crippen molar-refractivity contribution in [2.75, 3.05) is 31.6 Å². The number of aryl methyl sites for hydroxylation is 3. The number of nitrogens with one attached hydrogen (secondary N) is 1. The van der Waals surface area contributed by atoms with Gasteiger partial charge in [-0.1, -0.05) is 51.1 Å². The van der Waals surface area contributed by atoms with E-state index in [-0.39, 0.29) is 29.0 Å². The van der Waals surface area contributed by atoms with Crippen LogP contribution in [-0.4, -0.2) is 58.5 Å². The average molecular weight is 624 g/mol. The molecule has 0 aliphatic carbocycles. The van der Waals surface area contributed by atoms with Crippen molar-refractivity contribution in [1.82, 2.24) is 10.2 Å². The van der Waals surface area contributed by atoms with Gasteiger partial charge in [0.1, 0.15) is 12.6 Å². The van der Waals surface area contributed by atoms with Crippen molar-refractivity contribution in [3.05, 3.63) is 82.9 Å². The standard InChI is InChI=1S/C34H45N3O6S/c1-9-30(34(39)35-20-23(2)3)36(21-27-13-11-10-12-26(27)6)33(38)22-37(28-17-24(4)16-25(5)18-28)44(40,41)29-14-15-31(42-7)32(19-29)43-8/h10-19,23,30H,9,20-22H2,1-8H3,(H,35,39). The number of anilines is 1. The summed E-state index contributed by atoms with van der Waals surface area (Å²) in [6.07, 6.45) is 0.355. The summed E-state index contributed by atoms with van der Waals surface area (Å²) < 4.78 is 40.4. The Hall–Kier alpha value is -4.05. The highest BCUT2D eigenvalue weighted by molar-refractivity contribution is 7.92. The first-order valence-corrected chi connectivity index (χ1v) is 16.2. The van der Waals surface area contributed by atoms with E-state index in [2.05, 4.69) is 5.32 Å². The van der Waals surface area contributed by atoms with Gasteiger partial charge in [-0.2, -0.15) is 0 Å². The van der Waals surface area contributed by atoms with Crippen molar-refractivity contribution in [3.63, 3.8) is 0 Å². The minimum absolute atomic E-state index is 0.0609. The molecule has 3 aromatic rings. The zero-order chi connectivity index (χ0) is 32.6. The van der Waals surface area contributed by atoms with Gasteiger partial charge < -0.3 is 19.7 Å². The van der Waals surface area contributed by atoms with Gasteiger partial charge in [0, 0.05) is 19.2 Å². The SMILES string of the molecule is CCC(C(=O)NCC(C)C)N(Cc1ccccc1C)C(=O)CN(c1cc(C)cc(C)c1)S(=O)(=O)c1ccc(OC)c(OC)c1. The molecule has 0 aliphatic heterocycles. The molecular formula is C34H45N3O6S. The molecule has 0 aromatic heterocycles. The lowest BCUT2D eigenvalue weighted by molar-refractivity contribution is -0.140. The number of benzene rings is 3. The van der Waals surface area contributed by atoms with E-state index in [9.17, 15) is 18.0 Å². The van der Waals surface area contributed by atoms with Gasteiger partial charge in [0.05, 0.1) is 24.8 Å². The fraction of sp³-hybridized carbons (Fsp3) is 0.412. The van der Waals surface area contributed by atoms with E-state index in [1.165, 1.54) is 37.3 Å². The van der Waals surface area contributed by atoms with E-state index in [1.807, 2.05) is 71.9 Å². The lowest BCUT2D eigenvalue weighted by Gasteiger charge is -2.34. The van der Waals surface area contributed by atoms with Crippen molar-refractivity contribution in [2.45, 2.75) is 65.4 Å². The summed E-state index contributed by atoms with van der Waals surface area (Å²) in [5, 5.41) is 2.96. The molecule has 1 unspecified atom stereocenters. The first-order chi connectivity index (χ1) is 20.8. The predicted molar refractivity (Wildman–Crippen MR) is 174 cm³/mol. The Kier molecular flexibility index (Phi) is 11.8. The van der Waals surface area contributed by atoms with Crippen LogP contribution in [0.3, 0.4) is 0 Å². The summed E-state index contributed by atoms with van der Waals surface area (Å²) in [6, 6.07) is 16.6. The second-order valence-electron chi connectivity index (χ2n) is 11.4. The van der Waals surface area contributed by atoms with Crippen LogP contribution in [-0.2, 0) is 26.2 Å². The number of rotatable bonds is 14. The van der Waals surface area contributed by atoms with Gasteiger partial charge in [-0.15, -0.1) is 0 Å². The highest BCUT2D eigenvalue weighted by atomic mass is 32.2. The number of nitrogens with zero attached hydrogens (tertiary/aromatic N) is 2. The zero-order valence-corrected chi connectivity index (χ0v) is 27.8. The topological polar surface area (TPSA) is 105 Å². The van der Waals surface area contributed by atoms with Gasteiger partial charge in [-0.3, -0.25) is 13.9 Å². The number of amides is 2. The van der Waals surface area contributed by atoms with E-state index in [0.29, 0.717) is 24.4 Å². The van der Waals surface area contributed by atoms with E-state index in [0.717, 1.165) is 26.6 Å². The third-order valence-electron chi connectivity index (χ3n) is 7.39. The summed E-state index contributed by atoms with van der Waals surface area (Å²) in [7, 11) is -1.38. The van der Waals surface area contributed by atoms with Crippen molar-refractivity contribution in [3.8, 4) is 11.5 Å². The molecule has 3 aromatic carbocycles. The monoisotopic (exact) mass is 623 g/mol. The second-order valence-corrected chi connectivity index (χ2v) is 13.2. The van der Waals surface area contributed by atoms with Crippen LogP contribution in [0.15, 0.2) is 65.6 Å². The minimum atomic E-state index is -4.28. The van der Waals surface area contributed by atoms with Gasteiger partial charge in [-0.05, 0) is 79.6 Å². The number of carbonyl (C=O) groups excluding carboxylic acids is 2. The molecule has 0 aliphatic rings. The molecule has 0 radical (unpaired) electrons. The van der Waals surface area contributed by atoms with Gasteiger partial charge >= 0.3 is 0 Å². The summed E-state index contributed by atoms with van der Waals surface area (Å²) >= 11 is 0. The fourth-order valence-corrected chi connectivity index (χ4v) is 6.45. The minimum Gasteiger partial charge on any atom is -0.493 e. The molecule has 3 rings (SSSR count). The molecule has 0 heterocycles. The molecular weight excluding hydrogens is 578 g/mol. The highest BCUT2D eigenvalue weighted by Gasteiger charge is 2.34.